The van der Waals surface area contributed by atoms with Crippen molar-refractivity contribution in [2.45, 2.75) is 56.5 Å². The summed E-state index contributed by atoms with van der Waals surface area (Å²) in [6.45, 7) is 0. The van der Waals surface area contributed by atoms with E-state index < -0.39 is 5.41 Å². The number of nitrogens with zero attached hydrogens (tertiary/aromatic N) is 2. The van der Waals surface area contributed by atoms with Crippen molar-refractivity contribution in [1.82, 2.24) is 5.16 Å². The molecule has 1 heterocycles. The fourth-order valence-corrected chi connectivity index (χ4v) is 4.03. The molecule has 1 unspecified atom stereocenters. The van der Waals surface area contributed by atoms with E-state index in [0.717, 1.165) is 54.0 Å². The maximum absolute atomic E-state index is 9.99. The van der Waals surface area contributed by atoms with Crippen LogP contribution in [0.15, 0.2) is 29.0 Å². The molecule has 1 saturated carbocycles. The first kappa shape index (κ1) is 16.0. The summed E-state index contributed by atoms with van der Waals surface area (Å²) in [5.74, 6) is 1.47. The molecule has 1 aromatic heterocycles. The monoisotopic (exact) mass is 338 g/mol. The first-order valence-electron chi connectivity index (χ1n) is 8.93. The number of fused-ring (bicyclic) bond motifs is 1. The predicted molar refractivity (Wildman–Crippen MR) is 91.7 cm³/mol. The molecule has 130 valence electrons. The zero-order chi connectivity index (χ0) is 17.3. The highest BCUT2D eigenvalue weighted by Gasteiger charge is 2.38. The summed E-state index contributed by atoms with van der Waals surface area (Å²) in [7, 11) is 1.65. The Kier molecular flexibility index (Phi) is 4.12. The van der Waals surface area contributed by atoms with E-state index in [1.807, 2.05) is 18.2 Å². The van der Waals surface area contributed by atoms with Crippen LogP contribution < -0.4 is 9.47 Å². The molecule has 0 amide bonds. The van der Waals surface area contributed by atoms with Crippen LogP contribution in [0.4, 0.5) is 0 Å². The van der Waals surface area contributed by atoms with Gasteiger partial charge in [-0.1, -0.05) is 11.2 Å². The zero-order valence-corrected chi connectivity index (χ0v) is 14.5. The van der Waals surface area contributed by atoms with E-state index in [9.17, 15) is 5.26 Å². The van der Waals surface area contributed by atoms with Crippen LogP contribution in [0.5, 0.6) is 11.5 Å². The number of aromatic nitrogens is 1. The highest BCUT2D eigenvalue weighted by molar-refractivity contribution is 5.49. The molecule has 5 nitrogen and oxygen atoms in total. The summed E-state index contributed by atoms with van der Waals surface area (Å²) < 4.78 is 16.8. The van der Waals surface area contributed by atoms with Crippen LogP contribution in [-0.2, 0) is 18.3 Å². The van der Waals surface area contributed by atoms with Gasteiger partial charge in [-0.15, -0.1) is 0 Å². The molecule has 5 heteroatoms. The fraction of sp³-hybridized carbons (Fsp3) is 0.500. The Morgan fingerprint density at radius 3 is 2.88 bits per heavy atom. The van der Waals surface area contributed by atoms with Gasteiger partial charge in [-0.2, -0.15) is 5.26 Å². The predicted octanol–water partition coefficient (Wildman–Crippen LogP) is 3.95. The van der Waals surface area contributed by atoms with Crippen LogP contribution in [0.1, 0.15) is 48.9 Å². The number of nitriles is 1. The Bertz CT molecular complexity index is 802. The van der Waals surface area contributed by atoms with Crippen LogP contribution in [0.3, 0.4) is 0 Å². The molecule has 0 spiro atoms. The van der Waals surface area contributed by atoms with Crippen molar-refractivity contribution in [1.29, 1.82) is 5.26 Å². The van der Waals surface area contributed by atoms with E-state index >= 15 is 0 Å². The van der Waals surface area contributed by atoms with E-state index in [1.54, 1.807) is 13.4 Å². The molecule has 25 heavy (non-hydrogen) atoms. The average molecular weight is 338 g/mol. The average Bonchev–Trinajstić information content (AvgIpc) is 3.32. The zero-order valence-electron chi connectivity index (χ0n) is 14.5. The second kappa shape index (κ2) is 6.44. The lowest BCUT2D eigenvalue weighted by molar-refractivity contribution is 0.200. The summed E-state index contributed by atoms with van der Waals surface area (Å²) in [4.78, 5) is 0. The van der Waals surface area contributed by atoms with Gasteiger partial charge in [-0.05, 0) is 56.2 Å². The molecule has 1 atom stereocenters. The van der Waals surface area contributed by atoms with Crippen LogP contribution in [0.25, 0.3) is 0 Å². The van der Waals surface area contributed by atoms with Gasteiger partial charge in [0.25, 0.3) is 0 Å². The van der Waals surface area contributed by atoms with Gasteiger partial charge >= 0.3 is 0 Å². The lowest BCUT2D eigenvalue weighted by atomic mass is 9.70. The third kappa shape index (κ3) is 2.86. The molecule has 0 aliphatic heterocycles. The molecule has 2 aliphatic carbocycles. The Hall–Kier alpha value is -2.48. The van der Waals surface area contributed by atoms with Crippen molar-refractivity contribution in [3.8, 4) is 17.6 Å². The number of aryl methyl sites for hydroxylation is 1. The Balaban J connectivity index is 1.68. The van der Waals surface area contributed by atoms with Crippen molar-refractivity contribution in [2.75, 3.05) is 7.11 Å². The molecule has 0 N–H and O–H groups in total. The lowest BCUT2D eigenvalue weighted by Crippen LogP contribution is -2.31. The van der Waals surface area contributed by atoms with Crippen LogP contribution in [0, 0.1) is 11.3 Å². The summed E-state index contributed by atoms with van der Waals surface area (Å²) in [6, 6.07) is 8.46. The van der Waals surface area contributed by atoms with Crippen molar-refractivity contribution in [3.05, 3.63) is 41.3 Å². The molecule has 0 radical (unpaired) electrons. The van der Waals surface area contributed by atoms with Crippen LogP contribution in [0.2, 0.25) is 0 Å². The first-order valence-corrected chi connectivity index (χ1v) is 8.93. The number of rotatable bonds is 4. The third-order valence-electron chi connectivity index (χ3n) is 5.54. The molecule has 2 aromatic rings. The fourth-order valence-electron chi connectivity index (χ4n) is 4.03. The summed E-state index contributed by atoms with van der Waals surface area (Å²) in [5.41, 5.74) is 2.41. The Morgan fingerprint density at radius 2 is 2.12 bits per heavy atom. The molecule has 1 aromatic carbocycles. The number of benzene rings is 1. The largest absolute Gasteiger partial charge is 0.493 e. The van der Waals surface area contributed by atoms with Gasteiger partial charge in [-0.3, -0.25) is 0 Å². The van der Waals surface area contributed by atoms with Gasteiger partial charge in [0.15, 0.2) is 11.5 Å². The minimum atomic E-state index is -0.571. The van der Waals surface area contributed by atoms with Gasteiger partial charge in [0.05, 0.1) is 30.4 Å². The van der Waals surface area contributed by atoms with E-state index in [1.165, 1.54) is 12.8 Å². The number of methoxy groups -OCH3 is 1. The van der Waals surface area contributed by atoms with Crippen molar-refractivity contribution in [2.24, 2.45) is 0 Å². The Morgan fingerprint density at radius 1 is 1.28 bits per heavy atom. The minimum Gasteiger partial charge on any atom is -0.493 e. The standard InChI is InChI=1S/C20H22N2O3/c1-23-18-7-6-15(10-19(18)25-16-4-2-3-5-16)20(13-21)9-8-17-14(11-20)12-24-22-17/h6-7,10,12,16H,2-5,8-9,11H2,1H3. The summed E-state index contributed by atoms with van der Waals surface area (Å²) in [6.07, 6.45) is 8.62. The van der Waals surface area contributed by atoms with Crippen molar-refractivity contribution < 1.29 is 14.0 Å². The number of ether oxygens (including phenoxy) is 2. The molecule has 2 aliphatic rings. The SMILES string of the molecule is COc1ccc(C2(C#N)CCc3nocc3C2)cc1OC1CCCC1. The lowest BCUT2D eigenvalue weighted by Gasteiger charge is -2.31. The smallest absolute Gasteiger partial charge is 0.161 e. The second-order valence-corrected chi connectivity index (χ2v) is 7.05. The maximum Gasteiger partial charge on any atom is 0.161 e. The van der Waals surface area contributed by atoms with Gasteiger partial charge in [-0.25, -0.2) is 0 Å². The van der Waals surface area contributed by atoms with Gasteiger partial charge in [0, 0.05) is 12.0 Å². The minimum absolute atomic E-state index is 0.248. The van der Waals surface area contributed by atoms with Gasteiger partial charge < -0.3 is 14.0 Å². The first-order chi connectivity index (χ1) is 12.2. The highest BCUT2D eigenvalue weighted by atomic mass is 16.5. The second-order valence-electron chi connectivity index (χ2n) is 7.05. The van der Waals surface area contributed by atoms with E-state index in [2.05, 4.69) is 11.2 Å². The van der Waals surface area contributed by atoms with Crippen LogP contribution in [-0.4, -0.2) is 18.4 Å². The molecular weight excluding hydrogens is 316 g/mol. The molecule has 4 rings (SSSR count). The highest BCUT2D eigenvalue weighted by Crippen LogP contribution is 2.41. The number of hydrogen-bond donors (Lipinski definition) is 0. The third-order valence-corrected chi connectivity index (χ3v) is 5.54. The topological polar surface area (TPSA) is 68.3 Å². The summed E-state index contributed by atoms with van der Waals surface area (Å²) in [5, 5.41) is 14.0. The van der Waals surface area contributed by atoms with Gasteiger partial charge in [0.1, 0.15) is 6.26 Å². The van der Waals surface area contributed by atoms with E-state index in [-0.39, 0.29) is 6.10 Å². The number of hydrogen-bond acceptors (Lipinski definition) is 5. The molecule has 1 fully saturated rings. The molecule has 0 bridgehead atoms. The normalized spacial score (nSPS) is 23.0. The van der Waals surface area contributed by atoms with E-state index in [0.29, 0.717) is 6.42 Å². The maximum atomic E-state index is 9.99. The van der Waals surface area contributed by atoms with Crippen LogP contribution >= 0.6 is 0 Å². The Labute approximate surface area is 147 Å². The molecular formula is C20H22N2O3. The molecule has 0 saturated heterocycles. The van der Waals surface area contributed by atoms with Crippen molar-refractivity contribution in [3.63, 3.8) is 0 Å². The van der Waals surface area contributed by atoms with E-state index in [4.69, 9.17) is 14.0 Å². The van der Waals surface area contributed by atoms with Crippen molar-refractivity contribution >= 4 is 0 Å². The quantitative estimate of drug-likeness (QED) is 0.844. The van der Waals surface area contributed by atoms with Gasteiger partial charge in [0.2, 0.25) is 0 Å². The summed E-state index contributed by atoms with van der Waals surface area (Å²) >= 11 is 0.